The van der Waals surface area contributed by atoms with Gasteiger partial charge < -0.3 is 9.63 Å². The second-order valence-electron chi connectivity index (χ2n) is 6.81. The maximum Gasteiger partial charge on any atom is 0.416 e. The molecular weight excluding hydrogens is 371 g/mol. The average molecular weight is 389 g/mol. The minimum atomic E-state index is -4.42. The van der Waals surface area contributed by atoms with E-state index >= 15 is 0 Å². The van der Waals surface area contributed by atoms with Crippen molar-refractivity contribution in [2.45, 2.75) is 31.6 Å². The maximum absolute atomic E-state index is 12.9. The average Bonchev–Trinajstić information content (AvgIpc) is 3.32. The topological polar surface area (TPSA) is 62.4 Å². The van der Waals surface area contributed by atoms with Crippen molar-refractivity contribution in [2.24, 2.45) is 0 Å². The number of phenolic OH excluding ortho intramolecular Hbond substituents is 1. The summed E-state index contributed by atoms with van der Waals surface area (Å²) in [5, 5.41) is 13.3. The zero-order valence-electron chi connectivity index (χ0n) is 14.9. The van der Waals surface area contributed by atoms with Crippen molar-refractivity contribution in [1.29, 1.82) is 0 Å². The van der Waals surface area contributed by atoms with Crippen LogP contribution in [0.5, 0.6) is 5.75 Å². The van der Waals surface area contributed by atoms with Gasteiger partial charge in [0.25, 0.3) is 0 Å². The highest BCUT2D eigenvalue weighted by atomic mass is 19.4. The number of alkyl halides is 3. The molecule has 1 fully saturated rings. The Balaban J connectivity index is 1.51. The van der Waals surface area contributed by atoms with Crippen LogP contribution in [0.25, 0.3) is 11.4 Å². The normalized spacial score (nSPS) is 17.9. The highest BCUT2D eigenvalue weighted by Crippen LogP contribution is 2.34. The number of nitrogens with zero attached hydrogens (tertiary/aromatic N) is 3. The Morgan fingerprint density at radius 2 is 1.93 bits per heavy atom. The van der Waals surface area contributed by atoms with Crippen LogP contribution in [0, 0.1) is 0 Å². The number of halogens is 3. The van der Waals surface area contributed by atoms with E-state index in [4.69, 9.17) is 4.52 Å². The molecule has 1 atom stereocenters. The molecule has 0 unspecified atom stereocenters. The Kier molecular flexibility index (Phi) is 4.80. The number of likely N-dealkylation sites (tertiary alicyclic amines) is 1. The summed E-state index contributed by atoms with van der Waals surface area (Å²) >= 11 is 0. The van der Waals surface area contributed by atoms with E-state index in [0.717, 1.165) is 37.1 Å². The summed E-state index contributed by atoms with van der Waals surface area (Å²) in [6, 6.07) is 12.1. The van der Waals surface area contributed by atoms with Gasteiger partial charge in [0.1, 0.15) is 5.75 Å². The molecule has 1 aliphatic rings. The fourth-order valence-electron chi connectivity index (χ4n) is 3.53. The van der Waals surface area contributed by atoms with Gasteiger partial charge >= 0.3 is 6.18 Å². The van der Waals surface area contributed by atoms with E-state index in [1.54, 1.807) is 12.1 Å². The number of phenols is 1. The molecule has 1 aliphatic heterocycles. The number of aromatic nitrogens is 2. The van der Waals surface area contributed by atoms with Crippen molar-refractivity contribution in [3.63, 3.8) is 0 Å². The van der Waals surface area contributed by atoms with E-state index in [1.807, 2.05) is 12.1 Å². The molecule has 146 valence electrons. The van der Waals surface area contributed by atoms with Gasteiger partial charge in [-0.3, -0.25) is 4.90 Å². The van der Waals surface area contributed by atoms with E-state index in [-0.39, 0.29) is 23.2 Å². The monoisotopic (exact) mass is 389 g/mol. The first-order chi connectivity index (χ1) is 13.4. The van der Waals surface area contributed by atoms with E-state index in [0.29, 0.717) is 12.4 Å². The molecule has 0 radical (unpaired) electrons. The number of hydrogen-bond acceptors (Lipinski definition) is 5. The van der Waals surface area contributed by atoms with Gasteiger partial charge in [0.2, 0.25) is 11.7 Å². The summed E-state index contributed by atoms with van der Waals surface area (Å²) in [5.74, 6) is 0.718. The predicted molar refractivity (Wildman–Crippen MR) is 95.2 cm³/mol. The molecule has 0 bridgehead atoms. The van der Waals surface area contributed by atoms with Crippen molar-refractivity contribution < 1.29 is 22.8 Å². The molecule has 0 saturated carbocycles. The van der Waals surface area contributed by atoms with Gasteiger partial charge in [-0.25, -0.2) is 0 Å². The van der Waals surface area contributed by atoms with Crippen molar-refractivity contribution in [2.75, 3.05) is 6.54 Å². The molecule has 1 N–H and O–H groups in total. The van der Waals surface area contributed by atoms with E-state index in [2.05, 4.69) is 15.0 Å². The summed E-state index contributed by atoms with van der Waals surface area (Å²) in [7, 11) is 0. The van der Waals surface area contributed by atoms with Crippen molar-refractivity contribution >= 4 is 0 Å². The first-order valence-corrected chi connectivity index (χ1v) is 8.93. The zero-order chi connectivity index (χ0) is 19.7. The largest absolute Gasteiger partial charge is 0.508 e. The van der Waals surface area contributed by atoms with Crippen LogP contribution in [0.1, 0.15) is 35.9 Å². The molecule has 0 amide bonds. The molecule has 2 heterocycles. The van der Waals surface area contributed by atoms with Crippen LogP contribution in [0.15, 0.2) is 53.1 Å². The van der Waals surface area contributed by atoms with Gasteiger partial charge in [-0.15, -0.1) is 0 Å². The summed E-state index contributed by atoms with van der Waals surface area (Å²) in [5.41, 5.74) is 0.609. The lowest BCUT2D eigenvalue weighted by Gasteiger charge is -2.23. The minimum Gasteiger partial charge on any atom is -0.508 e. The molecule has 28 heavy (non-hydrogen) atoms. The Morgan fingerprint density at radius 1 is 1.14 bits per heavy atom. The number of benzene rings is 2. The molecule has 5 nitrogen and oxygen atoms in total. The van der Waals surface area contributed by atoms with Gasteiger partial charge in [0.05, 0.1) is 12.1 Å². The molecule has 0 aliphatic carbocycles. The van der Waals surface area contributed by atoms with E-state index in [1.165, 1.54) is 12.1 Å². The van der Waals surface area contributed by atoms with Gasteiger partial charge in [-0.1, -0.05) is 29.4 Å². The van der Waals surface area contributed by atoms with Crippen LogP contribution < -0.4 is 0 Å². The van der Waals surface area contributed by atoms with Crippen LogP contribution in [-0.2, 0) is 12.7 Å². The lowest BCUT2D eigenvalue weighted by atomic mass is 10.0. The third-order valence-electron chi connectivity index (χ3n) is 4.90. The van der Waals surface area contributed by atoms with Crippen molar-refractivity contribution in [1.82, 2.24) is 15.0 Å². The Bertz CT molecular complexity index is 954. The Labute approximate surface area is 159 Å². The van der Waals surface area contributed by atoms with Crippen LogP contribution in [0.2, 0.25) is 0 Å². The SMILES string of the molecule is Oc1ccc([C@@H]2CCCN2Cc2nc(-c3cccc(C(F)(F)F)c3)no2)cc1. The summed E-state index contributed by atoms with van der Waals surface area (Å²) in [6.45, 7) is 1.27. The first kappa shape index (κ1) is 18.5. The maximum atomic E-state index is 12.9. The van der Waals surface area contributed by atoms with Gasteiger partial charge in [-0.05, 0) is 49.2 Å². The Morgan fingerprint density at radius 3 is 2.68 bits per heavy atom. The van der Waals surface area contributed by atoms with Gasteiger partial charge in [-0.2, -0.15) is 18.2 Å². The lowest BCUT2D eigenvalue weighted by molar-refractivity contribution is -0.137. The summed E-state index contributed by atoms with van der Waals surface area (Å²) in [6.07, 6.45) is -2.44. The van der Waals surface area contributed by atoms with E-state index < -0.39 is 11.7 Å². The number of aromatic hydroxyl groups is 1. The third kappa shape index (κ3) is 3.87. The summed E-state index contributed by atoms with van der Waals surface area (Å²) < 4.78 is 44.0. The second-order valence-corrected chi connectivity index (χ2v) is 6.81. The smallest absolute Gasteiger partial charge is 0.416 e. The number of rotatable bonds is 4. The molecule has 0 spiro atoms. The lowest BCUT2D eigenvalue weighted by Crippen LogP contribution is -2.22. The number of hydrogen-bond donors (Lipinski definition) is 1. The molecule has 8 heteroatoms. The van der Waals surface area contributed by atoms with Crippen LogP contribution in [0.3, 0.4) is 0 Å². The van der Waals surface area contributed by atoms with Crippen LogP contribution in [0.4, 0.5) is 13.2 Å². The quantitative estimate of drug-likeness (QED) is 0.695. The highest BCUT2D eigenvalue weighted by molar-refractivity contribution is 5.55. The molecule has 3 aromatic rings. The van der Waals surface area contributed by atoms with Gasteiger partial charge in [0.15, 0.2) is 0 Å². The second kappa shape index (κ2) is 7.27. The molecular formula is C20H18F3N3O2. The Hall–Kier alpha value is -2.87. The van der Waals surface area contributed by atoms with E-state index in [9.17, 15) is 18.3 Å². The van der Waals surface area contributed by atoms with Gasteiger partial charge in [0, 0.05) is 11.6 Å². The third-order valence-corrected chi connectivity index (χ3v) is 4.90. The molecule has 1 saturated heterocycles. The molecule has 2 aromatic carbocycles. The van der Waals surface area contributed by atoms with Crippen LogP contribution >= 0.6 is 0 Å². The standard InChI is InChI=1S/C20H18F3N3O2/c21-20(22,23)15-4-1-3-14(11-15)19-24-18(28-25-19)12-26-10-2-5-17(26)13-6-8-16(27)9-7-13/h1,3-4,6-9,11,17,27H,2,5,10,12H2/t17-/m0/s1. The minimum absolute atomic E-state index is 0.140. The first-order valence-electron chi connectivity index (χ1n) is 8.93. The van der Waals surface area contributed by atoms with Crippen molar-refractivity contribution in [3.05, 3.63) is 65.5 Å². The predicted octanol–water partition coefficient (Wildman–Crippen LogP) is 4.80. The van der Waals surface area contributed by atoms with Crippen molar-refractivity contribution in [3.8, 4) is 17.1 Å². The summed E-state index contributed by atoms with van der Waals surface area (Å²) in [4.78, 5) is 6.47. The zero-order valence-corrected chi connectivity index (χ0v) is 14.9. The fourth-order valence-corrected chi connectivity index (χ4v) is 3.53. The fraction of sp³-hybridized carbons (Fsp3) is 0.300. The highest BCUT2D eigenvalue weighted by Gasteiger charge is 2.31. The molecule has 1 aromatic heterocycles. The molecule has 4 rings (SSSR count). The van der Waals surface area contributed by atoms with Crippen LogP contribution in [-0.4, -0.2) is 26.7 Å².